The van der Waals surface area contributed by atoms with E-state index in [0.29, 0.717) is 18.6 Å². The molecule has 2 N–H and O–H groups in total. The van der Waals surface area contributed by atoms with Gasteiger partial charge < -0.3 is 29.2 Å². The lowest BCUT2D eigenvalue weighted by atomic mass is 9.84. The van der Waals surface area contributed by atoms with E-state index >= 15 is 0 Å². The van der Waals surface area contributed by atoms with Crippen molar-refractivity contribution in [2.45, 2.75) is 71.1 Å². The second-order valence-electron chi connectivity index (χ2n) is 5.85. The zero-order valence-electron chi connectivity index (χ0n) is 13.9. The van der Waals surface area contributed by atoms with Gasteiger partial charge in [0.2, 0.25) is 0 Å². The number of hydrogen-bond donors (Lipinski definition) is 2. The Balaban J connectivity index is 2.37. The number of rotatable bonds is 10. The summed E-state index contributed by atoms with van der Waals surface area (Å²) in [6, 6.07) is 0. The van der Waals surface area contributed by atoms with Gasteiger partial charge in [-0.1, -0.05) is 13.5 Å². The Morgan fingerprint density at radius 2 is 1.95 bits per heavy atom. The fraction of sp³-hybridized carbons (Fsp3) is 0.875. The molecule has 0 aromatic rings. The smallest absolute Gasteiger partial charge is 0.188 e. The highest BCUT2D eigenvalue weighted by molar-refractivity contribution is 4.82. The number of aliphatic hydroxyl groups is 2. The average Bonchev–Trinajstić information content (AvgIpc) is 2.47. The van der Waals surface area contributed by atoms with Crippen LogP contribution in [-0.4, -0.2) is 48.4 Å². The maximum Gasteiger partial charge on any atom is 0.188 e. The van der Waals surface area contributed by atoms with E-state index in [1.54, 1.807) is 6.92 Å². The summed E-state index contributed by atoms with van der Waals surface area (Å²) >= 11 is 0. The van der Waals surface area contributed by atoms with Crippen LogP contribution >= 0.6 is 0 Å². The monoisotopic (exact) mass is 318 g/mol. The Labute approximate surface area is 133 Å². The minimum absolute atomic E-state index is 0.0681. The molecular weight excluding hydrogens is 288 g/mol. The number of hydrogen-bond acceptors (Lipinski definition) is 6. The summed E-state index contributed by atoms with van der Waals surface area (Å²) in [6.07, 6.45) is 1.33. The third-order valence-corrected chi connectivity index (χ3v) is 3.99. The van der Waals surface area contributed by atoms with Gasteiger partial charge in [-0.2, -0.15) is 0 Å². The second-order valence-corrected chi connectivity index (χ2v) is 5.85. The minimum Gasteiger partial charge on any atom is -0.473 e. The molecule has 1 aliphatic rings. The first-order chi connectivity index (χ1) is 10.4. The van der Waals surface area contributed by atoms with Gasteiger partial charge in [0.25, 0.3) is 0 Å². The van der Waals surface area contributed by atoms with Gasteiger partial charge >= 0.3 is 0 Å². The third-order valence-electron chi connectivity index (χ3n) is 3.99. The molecule has 0 aromatic carbocycles. The molecule has 0 aliphatic heterocycles. The van der Waals surface area contributed by atoms with Gasteiger partial charge in [0.05, 0.1) is 24.1 Å². The van der Waals surface area contributed by atoms with Crippen LogP contribution < -0.4 is 0 Å². The Morgan fingerprint density at radius 1 is 1.23 bits per heavy atom. The van der Waals surface area contributed by atoms with E-state index in [0.717, 1.165) is 12.8 Å². The minimum atomic E-state index is -1.43. The van der Waals surface area contributed by atoms with Crippen LogP contribution in [0.4, 0.5) is 0 Å². The van der Waals surface area contributed by atoms with Crippen LogP contribution in [-0.2, 0) is 18.9 Å². The van der Waals surface area contributed by atoms with E-state index in [1.807, 2.05) is 13.8 Å². The normalized spacial score (nSPS) is 26.9. The van der Waals surface area contributed by atoms with Crippen LogP contribution in [0.15, 0.2) is 12.3 Å². The zero-order chi connectivity index (χ0) is 16.5. The van der Waals surface area contributed by atoms with Gasteiger partial charge in [-0.3, -0.25) is 0 Å². The van der Waals surface area contributed by atoms with E-state index < -0.39 is 6.29 Å². The van der Waals surface area contributed by atoms with Crippen LogP contribution in [0.25, 0.3) is 0 Å². The van der Waals surface area contributed by atoms with Crippen molar-refractivity contribution < 1.29 is 29.2 Å². The maximum absolute atomic E-state index is 9.57. The van der Waals surface area contributed by atoms with Gasteiger partial charge in [0.15, 0.2) is 13.1 Å². The van der Waals surface area contributed by atoms with Crippen LogP contribution in [0.2, 0.25) is 0 Å². The van der Waals surface area contributed by atoms with Crippen molar-refractivity contribution in [3.63, 3.8) is 0 Å². The summed E-state index contributed by atoms with van der Waals surface area (Å²) < 4.78 is 21.9. The number of ether oxygens (including phenoxy) is 4. The fourth-order valence-electron chi connectivity index (χ4n) is 2.40. The van der Waals surface area contributed by atoms with E-state index in [1.165, 1.54) is 0 Å². The van der Waals surface area contributed by atoms with Crippen molar-refractivity contribution in [2.75, 3.05) is 13.6 Å². The predicted octanol–water partition coefficient (Wildman–Crippen LogP) is 2.15. The van der Waals surface area contributed by atoms with Gasteiger partial charge in [-0.25, -0.2) is 0 Å². The summed E-state index contributed by atoms with van der Waals surface area (Å²) in [6.45, 7) is 9.72. The highest BCUT2D eigenvalue weighted by Gasteiger charge is 2.35. The Hall–Kier alpha value is -0.660. The molecule has 1 saturated carbocycles. The van der Waals surface area contributed by atoms with Crippen LogP contribution in [0.1, 0.15) is 46.5 Å². The second kappa shape index (κ2) is 10.2. The molecule has 22 heavy (non-hydrogen) atoms. The Morgan fingerprint density at radius 3 is 2.55 bits per heavy atom. The molecule has 0 saturated heterocycles. The van der Waals surface area contributed by atoms with Crippen molar-refractivity contribution in [2.24, 2.45) is 5.92 Å². The van der Waals surface area contributed by atoms with Crippen molar-refractivity contribution in [3.8, 4) is 0 Å². The molecule has 1 aliphatic carbocycles. The van der Waals surface area contributed by atoms with E-state index in [9.17, 15) is 10.2 Å². The summed E-state index contributed by atoms with van der Waals surface area (Å²) in [5, 5.41) is 19.1. The molecule has 4 unspecified atom stereocenters. The van der Waals surface area contributed by atoms with E-state index in [-0.39, 0.29) is 37.8 Å². The van der Waals surface area contributed by atoms with Crippen LogP contribution in [0, 0.1) is 5.92 Å². The van der Waals surface area contributed by atoms with E-state index in [2.05, 4.69) is 6.58 Å². The Bertz CT molecular complexity index is 320. The third kappa shape index (κ3) is 7.07. The maximum atomic E-state index is 9.57. The highest BCUT2D eigenvalue weighted by atomic mass is 16.7. The first-order valence-electron chi connectivity index (χ1n) is 7.93. The molecule has 4 atom stereocenters. The lowest BCUT2D eigenvalue weighted by molar-refractivity contribution is -0.200. The standard InChI is InChI=1S/C16H30O6/c1-5-12(4)20-10-22-15-7-6-13(8-14(15)16(17)18)21-9-19-11(2)3/h12-18H,2,5-10H2,1,3-4H3. The largest absolute Gasteiger partial charge is 0.473 e. The first kappa shape index (κ1) is 19.4. The van der Waals surface area contributed by atoms with Crippen LogP contribution in [0.5, 0.6) is 0 Å². The molecular formula is C16H30O6. The quantitative estimate of drug-likeness (QED) is 0.475. The predicted molar refractivity (Wildman–Crippen MR) is 81.8 cm³/mol. The van der Waals surface area contributed by atoms with Crippen molar-refractivity contribution >= 4 is 0 Å². The molecule has 130 valence electrons. The SMILES string of the molecule is C=C(C)OCOC1CCC(OCOC(C)CC)C(C(O)O)C1. The molecule has 0 bridgehead atoms. The highest BCUT2D eigenvalue weighted by Crippen LogP contribution is 2.31. The molecule has 0 heterocycles. The van der Waals surface area contributed by atoms with Crippen molar-refractivity contribution in [3.05, 3.63) is 12.3 Å². The summed E-state index contributed by atoms with van der Waals surface area (Å²) in [5.41, 5.74) is 0. The van der Waals surface area contributed by atoms with E-state index in [4.69, 9.17) is 18.9 Å². The fourth-order valence-corrected chi connectivity index (χ4v) is 2.40. The molecule has 0 aromatic heterocycles. The average molecular weight is 318 g/mol. The molecule has 6 nitrogen and oxygen atoms in total. The van der Waals surface area contributed by atoms with Crippen molar-refractivity contribution in [1.82, 2.24) is 0 Å². The molecule has 0 amide bonds. The summed E-state index contributed by atoms with van der Waals surface area (Å²) in [4.78, 5) is 0. The van der Waals surface area contributed by atoms with Gasteiger partial charge in [-0.05, 0) is 39.5 Å². The molecule has 1 fully saturated rings. The van der Waals surface area contributed by atoms with Gasteiger partial charge in [0.1, 0.15) is 6.79 Å². The van der Waals surface area contributed by atoms with Gasteiger partial charge in [0, 0.05) is 5.92 Å². The zero-order valence-corrected chi connectivity index (χ0v) is 13.9. The van der Waals surface area contributed by atoms with Crippen molar-refractivity contribution in [1.29, 1.82) is 0 Å². The van der Waals surface area contributed by atoms with Crippen LogP contribution in [0.3, 0.4) is 0 Å². The summed E-state index contributed by atoms with van der Waals surface area (Å²) in [7, 11) is 0. The lowest BCUT2D eigenvalue weighted by Gasteiger charge is -2.36. The first-order valence-corrected chi connectivity index (χ1v) is 7.93. The summed E-state index contributed by atoms with van der Waals surface area (Å²) in [5.74, 6) is 0.210. The Kier molecular flexibility index (Phi) is 8.97. The topological polar surface area (TPSA) is 77.4 Å². The molecule has 6 heteroatoms. The molecule has 0 spiro atoms. The van der Waals surface area contributed by atoms with Gasteiger partial charge in [-0.15, -0.1) is 0 Å². The number of allylic oxidation sites excluding steroid dienone is 1. The number of aliphatic hydroxyl groups excluding tert-OH is 1. The molecule has 1 rings (SSSR count). The lowest BCUT2D eigenvalue weighted by Crippen LogP contribution is -2.42. The molecule has 0 radical (unpaired) electrons.